The number of nitrogens with zero attached hydrogens (tertiary/aromatic N) is 6. The lowest BCUT2D eigenvalue weighted by Crippen LogP contribution is -2.20. The van der Waals surface area contributed by atoms with Gasteiger partial charge in [-0.25, -0.2) is 10.1 Å². The fourth-order valence-electron chi connectivity index (χ4n) is 2.69. The first-order valence-electron chi connectivity index (χ1n) is 9.48. The lowest BCUT2D eigenvalue weighted by Gasteiger charge is -2.05. The normalized spacial score (nSPS) is 11.4. The second-order valence-corrected chi connectivity index (χ2v) is 7.41. The van der Waals surface area contributed by atoms with Gasteiger partial charge in [0.2, 0.25) is 11.6 Å². The molecule has 0 aliphatic rings. The highest BCUT2D eigenvalue weighted by molar-refractivity contribution is 7.98. The number of thioether (sulfide) groups is 1. The van der Waals surface area contributed by atoms with Gasteiger partial charge in [-0.2, -0.15) is 9.78 Å². The average Bonchev–Trinajstić information content (AvgIpc) is 3.44. The second-order valence-electron chi connectivity index (χ2n) is 6.36. The highest BCUT2D eigenvalue weighted by atomic mass is 32.2. The molecule has 0 spiro atoms. The Kier molecular flexibility index (Phi) is 6.68. The monoisotopic (exact) mass is 446 g/mol. The third kappa shape index (κ3) is 5.08. The maximum atomic E-state index is 12.7. The molecule has 0 bridgehead atoms. The van der Waals surface area contributed by atoms with Crippen molar-refractivity contribution in [2.45, 2.75) is 10.6 Å². The van der Waals surface area contributed by atoms with Gasteiger partial charge in [0, 0.05) is 16.9 Å². The molecule has 2 heterocycles. The molecular formula is C21H18N8O2S. The Morgan fingerprint density at radius 2 is 1.88 bits per heavy atom. The maximum absolute atomic E-state index is 12.7. The molecule has 3 N–H and O–H groups in total. The van der Waals surface area contributed by atoms with Gasteiger partial charge in [-0.1, -0.05) is 59.8 Å². The van der Waals surface area contributed by atoms with Crippen molar-refractivity contribution in [3.8, 4) is 5.82 Å². The van der Waals surface area contributed by atoms with Crippen LogP contribution in [0, 0.1) is 0 Å². The van der Waals surface area contributed by atoms with Gasteiger partial charge >= 0.3 is 0 Å². The molecule has 2 aromatic heterocycles. The van der Waals surface area contributed by atoms with Crippen LogP contribution in [-0.4, -0.2) is 37.4 Å². The maximum Gasteiger partial charge on any atom is 0.293 e. The van der Waals surface area contributed by atoms with E-state index in [1.54, 1.807) is 6.08 Å². The van der Waals surface area contributed by atoms with Crippen molar-refractivity contribution >= 4 is 35.8 Å². The summed E-state index contributed by atoms with van der Waals surface area (Å²) in [5.74, 6) is 0.0645. The molecule has 4 aromatic rings. The molecule has 32 heavy (non-hydrogen) atoms. The minimum Gasteiger partial charge on any atom is -0.378 e. The zero-order chi connectivity index (χ0) is 22.2. The number of rotatable bonds is 8. The standard InChI is InChI=1S/C21H18N8O2S/c22-19-20(27-31-26-19)29-17(14-32-16-11-5-2-6-12-16)18(24-28-29)21(30)25-23-13-7-10-15-8-3-1-4-9-15/h1-13H,14H2,(H2,22,26)(H,25,30). The number of carbonyl (C=O) groups excluding carboxylic acids is 1. The van der Waals surface area contributed by atoms with Gasteiger partial charge in [-0.3, -0.25) is 4.79 Å². The number of nitrogens with one attached hydrogen (secondary N) is 1. The van der Waals surface area contributed by atoms with E-state index in [0.717, 1.165) is 10.5 Å². The van der Waals surface area contributed by atoms with Crippen LogP contribution in [0.25, 0.3) is 11.9 Å². The van der Waals surface area contributed by atoms with Crippen LogP contribution in [0.15, 0.2) is 81.4 Å². The Morgan fingerprint density at radius 1 is 1.12 bits per heavy atom. The number of hydrogen-bond donors (Lipinski definition) is 2. The lowest BCUT2D eigenvalue weighted by molar-refractivity contribution is 0.0949. The van der Waals surface area contributed by atoms with Gasteiger partial charge in [-0.15, -0.1) is 16.9 Å². The number of hydrazone groups is 1. The zero-order valence-corrected chi connectivity index (χ0v) is 17.5. The summed E-state index contributed by atoms with van der Waals surface area (Å²) in [5, 5.41) is 19.3. The quantitative estimate of drug-likeness (QED) is 0.239. The van der Waals surface area contributed by atoms with Crippen LogP contribution >= 0.6 is 11.8 Å². The number of hydrogen-bond acceptors (Lipinski definition) is 9. The van der Waals surface area contributed by atoms with E-state index in [0.29, 0.717) is 11.4 Å². The molecule has 10 nitrogen and oxygen atoms in total. The van der Waals surface area contributed by atoms with Crippen molar-refractivity contribution in [2.24, 2.45) is 5.10 Å². The Bertz CT molecular complexity index is 1240. The molecule has 0 saturated carbocycles. The smallest absolute Gasteiger partial charge is 0.293 e. The van der Waals surface area contributed by atoms with Crippen molar-refractivity contribution in [1.29, 1.82) is 0 Å². The zero-order valence-electron chi connectivity index (χ0n) is 16.7. The van der Waals surface area contributed by atoms with Crippen molar-refractivity contribution in [3.63, 3.8) is 0 Å². The van der Waals surface area contributed by atoms with Gasteiger partial charge in [-0.05, 0) is 34.1 Å². The summed E-state index contributed by atoms with van der Waals surface area (Å²) in [6.07, 6.45) is 5.07. The van der Waals surface area contributed by atoms with E-state index in [4.69, 9.17) is 5.73 Å². The first kappa shape index (κ1) is 21.0. The molecule has 160 valence electrons. The molecule has 2 aromatic carbocycles. The van der Waals surface area contributed by atoms with Crippen LogP contribution in [0.4, 0.5) is 5.82 Å². The van der Waals surface area contributed by atoms with Gasteiger partial charge in [0.1, 0.15) is 0 Å². The van der Waals surface area contributed by atoms with Crippen LogP contribution in [0.2, 0.25) is 0 Å². The highest BCUT2D eigenvalue weighted by Crippen LogP contribution is 2.25. The molecule has 0 radical (unpaired) electrons. The van der Waals surface area contributed by atoms with Gasteiger partial charge in [0.15, 0.2) is 5.69 Å². The van der Waals surface area contributed by atoms with Crippen molar-refractivity contribution in [3.05, 3.63) is 83.7 Å². The predicted octanol–water partition coefficient (Wildman–Crippen LogP) is 2.95. The molecule has 0 saturated heterocycles. The van der Waals surface area contributed by atoms with Gasteiger partial charge in [0.05, 0.1) is 5.69 Å². The fraction of sp³-hybridized carbons (Fsp3) is 0.0476. The van der Waals surface area contributed by atoms with E-state index in [9.17, 15) is 4.79 Å². The minimum atomic E-state index is -0.515. The summed E-state index contributed by atoms with van der Waals surface area (Å²) in [6, 6.07) is 19.5. The van der Waals surface area contributed by atoms with E-state index in [-0.39, 0.29) is 17.3 Å². The number of allylic oxidation sites excluding steroid dienone is 1. The number of amides is 1. The van der Waals surface area contributed by atoms with Crippen LogP contribution in [0.3, 0.4) is 0 Å². The summed E-state index contributed by atoms with van der Waals surface area (Å²) in [5.41, 5.74) is 9.86. The van der Waals surface area contributed by atoms with Crippen LogP contribution < -0.4 is 11.2 Å². The number of benzene rings is 2. The topological polar surface area (TPSA) is 137 Å². The number of nitrogens with two attached hydrogens (primary N) is 1. The summed E-state index contributed by atoms with van der Waals surface area (Å²) in [4.78, 5) is 13.7. The van der Waals surface area contributed by atoms with Crippen molar-refractivity contribution in [2.75, 3.05) is 5.73 Å². The lowest BCUT2D eigenvalue weighted by atomic mass is 10.2. The van der Waals surface area contributed by atoms with E-state index in [1.165, 1.54) is 22.7 Å². The Labute approximate surface area is 187 Å². The summed E-state index contributed by atoms with van der Waals surface area (Å²) in [7, 11) is 0. The van der Waals surface area contributed by atoms with Crippen molar-refractivity contribution in [1.82, 2.24) is 30.7 Å². The minimum absolute atomic E-state index is 0.0388. The van der Waals surface area contributed by atoms with E-state index in [2.05, 4.69) is 35.8 Å². The highest BCUT2D eigenvalue weighted by Gasteiger charge is 2.23. The largest absolute Gasteiger partial charge is 0.378 e. The molecule has 11 heteroatoms. The van der Waals surface area contributed by atoms with Crippen molar-refractivity contribution < 1.29 is 9.42 Å². The molecule has 0 unspecified atom stereocenters. The Hall–Kier alpha value is -4.25. The van der Waals surface area contributed by atoms with Crippen LogP contribution in [-0.2, 0) is 5.75 Å². The number of carbonyl (C=O) groups is 1. The van der Waals surface area contributed by atoms with Crippen LogP contribution in [0.1, 0.15) is 21.7 Å². The first-order chi connectivity index (χ1) is 15.7. The van der Waals surface area contributed by atoms with E-state index < -0.39 is 5.91 Å². The van der Waals surface area contributed by atoms with E-state index in [1.807, 2.05) is 66.7 Å². The van der Waals surface area contributed by atoms with Crippen LogP contribution in [0.5, 0.6) is 0 Å². The molecule has 0 aliphatic carbocycles. The number of anilines is 1. The number of nitrogen functional groups attached to an aromatic ring is 1. The summed E-state index contributed by atoms with van der Waals surface area (Å²) in [6.45, 7) is 0. The summed E-state index contributed by atoms with van der Waals surface area (Å²) >= 11 is 1.51. The predicted molar refractivity (Wildman–Crippen MR) is 121 cm³/mol. The molecule has 4 rings (SSSR count). The molecule has 0 atom stereocenters. The SMILES string of the molecule is Nc1nonc1-n1nnc(C(=O)NN=CC=Cc2ccccc2)c1CSc1ccccc1. The second kappa shape index (κ2) is 10.2. The van der Waals surface area contributed by atoms with Gasteiger partial charge in [0.25, 0.3) is 5.91 Å². The Balaban J connectivity index is 1.51. The molecular weight excluding hydrogens is 428 g/mol. The van der Waals surface area contributed by atoms with E-state index >= 15 is 0 Å². The third-order valence-corrected chi connectivity index (χ3v) is 5.23. The molecule has 0 aliphatic heterocycles. The Morgan fingerprint density at radius 3 is 2.59 bits per heavy atom. The third-order valence-electron chi connectivity index (χ3n) is 4.21. The first-order valence-corrected chi connectivity index (χ1v) is 10.5. The molecule has 0 fully saturated rings. The van der Waals surface area contributed by atoms with Gasteiger partial charge < -0.3 is 5.73 Å². The molecule has 1 amide bonds. The average molecular weight is 446 g/mol. The number of aromatic nitrogens is 5. The fourth-order valence-corrected chi connectivity index (χ4v) is 3.61. The summed E-state index contributed by atoms with van der Waals surface area (Å²) < 4.78 is 6.01.